The first-order valence-corrected chi connectivity index (χ1v) is 35.7. The lowest BCUT2D eigenvalue weighted by molar-refractivity contribution is -0.139. The first-order valence-electron chi connectivity index (χ1n) is 35.7. The van der Waals surface area contributed by atoms with E-state index in [0.29, 0.717) is 94.8 Å². The lowest BCUT2D eigenvalue weighted by Gasteiger charge is -2.27. The summed E-state index contributed by atoms with van der Waals surface area (Å²) in [5.74, 6) is -0.548. The molecule has 0 saturated heterocycles. The predicted octanol–water partition coefficient (Wildman–Crippen LogP) is 20.5. The summed E-state index contributed by atoms with van der Waals surface area (Å²) in [5.41, 5.74) is 14.0. The standard InChI is InChI=1S/C90H114O10/c1-83(2,3)66-33-50-25-52-35-67(84(4,5)6)37-54(76(52)94)27-56-39-69(86(10,11)12)41-58(78(56)96)29-60-43-71(88(16,17)18)45-62(80(60)98)31-64-47-73(90(22,23)24)48-65(82(64)100-49-74(91)92)32-63-46-72(89(19,20)21)44-61(81(63)99)30-59-42-70(87(13,14)15)40-57(79(59)97)28-55-38-68(85(7,8)9)36-53(77(55)95)26-51(34-66)75(50)93/h33-48,93-99H,25-32,49H2,1-24H3,(H,91,92). The van der Waals surface area contributed by atoms with Crippen LogP contribution in [0.15, 0.2) is 97.1 Å². The number of aliphatic carboxylic acids is 1. The minimum atomic E-state index is -1.17. The van der Waals surface area contributed by atoms with Crippen molar-refractivity contribution in [1.82, 2.24) is 0 Å². The molecule has 10 heteroatoms. The Bertz CT molecular complexity index is 4220. The van der Waals surface area contributed by atoms with Crippen LogP contribution >= 0.6 is 0 Å². The molecule has 8 aromatic rings. The number of carboxylic acids is 1. The van der Waals surface area contributed by atoms with E-state index >= 15 is 0 Å². The maximum Gasteiger partial charge on any atom is 0.341 e. The van der Waals surface area contributed by atoms with Gasteiger partial charge in [-0.05, 0) is 177 Å². The first kappa shape index (κ1) is 75.8. The molecule has 1 aliphatic carbocycles. The van der Waals surface area contributed by atoms with Crippen molar-refractivity contribution < 1.29 is 50.4 Å². The van der Waals surface area contributed by atoms with Gasteiger partial charge in [-0.3, -0.25) is 0 Å². The summed E-state index contributed by atoms with van der Waals surface area (Å²) in [6.45, 7) is 50.4. The molecule has 0 radical (unpaired) electrons. The topological polar surface area (TPSA) is 188 Å². The average molecular weight is 1360 g/mol. The number of carbonyl (C=O) groups is 1. The van der Waals surface area contributed by atoms with E-state index in [2.05, 4.69) is 166 Å². The number of aromatic hydroxyl groups is 7. The average Bonchev–Trinajstić information content (AvgIpc) is 0.778. The third kappa shape index (κ3) is 16.8. The third-order valence-corrected chi connectivity index (χ3v) is 20.4. The number of hydrogen-bond donors (Lipinski definition) is 8. The lowest BCUT2D eigenvalue weighted by atomic mass is 9.79. The van der Waals surface area contributed by atoms with E-state index in [9.17, 15) is 45.6 Å². The summed E-state index contributed by atoms with van der Waals surface area (Å²) in [7, 11) is 0. The van der Waals surface area contributed by atoms with Crippen molar-refractivity contribution in [3.8, 4) is 46.0 Å². The molecular weight excluding hydrogens is 1240 g/mol. The molecule has 100 heavy (non-hydrogen) atoms. The van der Waals surface area contributed by atoms with Crippen molar-refractivity contribution in [3.63, 3.8) is 0 Å². The summed E-state index contributed by atoms with van der Waals surface area (Å²) in [4.78, 5) is 12.7. The Hall–Kier alpha value is -8.37. The number of phenolic OH excluding ortho intramolecular Hbond substituents is 7. The van der Waals surface area contributed by atoms with Crippen LogP contribution < -0.4 is 4.74 Å². The normalized spacial score (nSPS) is 14.1. The molecule has 0 atom stereocenters. The highest BCUT2D eigenvalue weighted by atomic mass is 16.5. The fourth-order valence-electron chi connectivity index (χ4n) is 13.6. The number of phenols is 7. The zero-order valence-corrected chi connectivity index (χ0v) is 64.5. The Balaban J connectivity index is 1.37. The summed E-state index contributed by atoms with van der Waals surface area (Å²) >= 11 is 0. The Morgan fingerprint density at radius 3 is 0.460 bits per heavy atom. The molecule has 16 bridgehead atoms. The minimum Gasteiger partial charge on any atom is -0.507 e. The lowest BCUT2D eigenvalue weighted by Crippen LogP contribution is -2.17. The minimum absolute atomic E-state index is 0.0248. The molecule has 1 aliphatic rings. The zero-order chi connectivity index (χ0) is 74.4. The maximum absolute atomic E-state index is 13.0. The van der Waals surface area contributed by atoms with Crippen LogP contribution in [-0.2, 0) is 99.5 Å². The number of carboxylic acid groups (broad SMARTS) is 1. The molecule has 0 unspecified atom stereocenters. The van der Waals surface area contributed by atoms with Gasteiger partial charge >= 0.3 is 5.97 Å². The van der Waals surface area contributed by atoms with Gasteiger partial charge in [0.25, 0.3) is 0 Å². The molecule has 9 rings (SSSR count). The maximum atomic E-state index is 13.0. The molecule has 0 saturated carbocycles. The van der Waals surface area contributed by atoms with Crippen LogP contribution in [0.25, 0.3) is 0 Å². The van der Waals surface area contributed by atoms with Crippen molar-refractivity contribution in [2.75, 3.05) is 6.61 Å². The van der Waals surface area contributed by atoms with Crippen LogP contribution in [0.1, 0.15) is 300 Å². The zero-order valence-electron chi connectivity index (χ0n) is 64.5. The van der Waals surface area contributed by atoms with Gasteiger partial charge in [-0.2, -0.15) is 0 Å². The second-order valence-corrected chi connectivity index (χ2v) is 37.2. The van der Waals surface area contributed by atoms with Crippen molar-refractivity contribution >= 4 is 5.97 Å². The van der Waals surface area contributed by atoms with E-state index in [1.807, 2.05) is 97.1 Å². The molecular formula is C90H114O10. The summed E-state index contributed by atoms with van der Waals surface area (Å²) in [6.07, 6.45) is 1.16. The number of fused-ring (bicyclic) bond motifs is 16. The second-order valence-electron chi connectivity index (χ2n) is 37.2. The molecule has 0 heterocycles. The highest BCUT2D eigenvalue weighted by Gasteiger charge is 2.32. The fraction of sp³-hybridized carbons (Fsp3) is 0.456. The molecule has 534 valence electrons. The first-order chi connectivity index (χ1) is 45.8. The van der Waals surface area contributed by atoms with E-state index in [1.165, 1.54) is 0 Å². The Labute approximate surface area is 597 Å². The molecule has 0 spiro atoms. The Morgan fingerprint density at radius 2 is 0.350 bits per heavy atom. The van der Waals surface area contributed by atoms with Crippen LogP contribution in [0.3, 0.4) is 0 Å². The molecule has 0 aliphatic heterocycles. The highest BCUT2D eigenvalue weighted by Crippen LogP contribution is 2.47. The van der Waals surface area contributed by atoms with Crippen molar-refractivity contribution in [2.45, 2.75) is 261 Å². The SMILES string of the molecule is CC(C)(C)c1cc2c(O)c(c1)Cc1cc(C(C)(C)C)cc(c1O)Cc1cc(C(C)(C)C)cc(c1O)Cc1cc(C(C)(C)C)cc(c1O)Cc1cc(C(C)(C)C)cc(c1OCC(=O)O)Cc1cc(C(C)(C)C)cc(c1O)Cc1cc(C(C)(C)C)cc(c1O)Cc1cc(C(C)(C)C)cc(c1O)C2. The molecule has 0 fully saturated rings. The molecule has 0 amide bonds. The monoisotopic (exact) mass is 1350 g/mol. The Morgan fingerprint density at radius 1 is 0.240 bits per heavy atom. The van der Waals surface area contributed by atoms with E-state index < -0.39 is 39.7 Å². The van der Waals surface area contributed by atoms with Gasteiger partial charge in [-0.15, -0.1) is 0 Å². The van der Waals surface area contributed by atoms with E-state index in [-0.39, 0.29) is 108 Å². The molecule has 10 nitrogen and oxygen atoms in total. The number of hydrogen-bond acceptors (Lipinski definition) is 9. The van der Waals surface area contributed by atoms with Gasteiger partial charge in [0.2, 0.25) is 0 Å². The Kier molecular flexibility index (Phi) is 20.4. The van der Waals surface area contributed by atoms with Gasteiger partial charge in [0.05, 0.1) is 0 Å². The van der Waals surface area contributed by atoms with Crippen LogP contribution in [0.4, 0.5) is 0 Å². The quantitative estimate of drug-likeness (QED) is 0.0846. The van der Waals surface area contributed by atoms with Crippen LogP contribution in [0, 0.1) is 0 Å². The van der Waals surface area contributed by atoms with Gasteiger partial charge in [-0.1, -0.05) is 263 Å². The summed E-state index contributed by atoms with van der Waals surface area (Å²) in [6, 6.07) is 32.4. The van der Waals surface area contributed by atoms with E-state index in [1.54, 1.807) is 0 Å². The smallest absolute Gasteiger partial charge is 0.341 e. The van der Waals surface area contributed by atoms with Gasteiger partial charge in [0, 0.05) is 51.4 Å². The number of benzene rings is 8. The van der Waals surface area contributed by atoms with Crippen LogP contribution in [0.5, 0.6) is 46.0 Å². The summed E-state index contributed by atoms with van der Waals surface area (Å²) in [5, 5.41) is 101. The van der Waals surface area contributed by atoms with Crippen LogP contribution in [0.2, 0.25) is 0 Å². The largest absolute Gasteiger partial charge is 0.507 e. The van der Waals surface area contributed by atoms with Gasteiger partial charge in [-0.25, -0.2) is 4.79 Å². The third-order valence-electron chi connectivity index (χ3n) is 20.4. The molecule has 0 aromatic heterocycles. The van der Waals surface area contributed by atoms with Crippen LogP contribution in [-0.4, -0.2) is 53.4 Å². The van der Waals surface area contributed by atoms with Gasteiger partial charge in [0.15, 0.2) is 6.61 Å². The van der Waals surface area contributed by atoms with Crippen molar-refractivity contribution in [3.05, 3.63) is 231 Å². The summed E-state index contributed by atoms with van der Waals surface area (Å²) < 4.78 is 6.48. The number of rotatable bonds is 3. The molecule has 8 aromatic carbocycles. The predicted molar refractivity (Wildman–Crippen MR) is 408 cm³/mol. The van der Waals surface area contributed by atoms with Crippen molar-refractivity contribution in [2.24, 2.45) is 0 Å². The number of ether oxygens (including phenoxy) is 1. The van der Waals surface area contributed by atoms with E-state index in [0.717, 1.165) is 44.5 Å². The molecule has 8 N–H and O–H groups in total. The fourth-order valence-corrected chi connectivity index (χ4v) is 13.6. The van der Waals surface area contributed by atoms with Gasteiger partial charge in [0.1, 0.15) is 46.0 Å². The second kappa shape index (κ2) is 26.9. The van der Waals surface area contributed by atoms with Crippen molar-refractivity contribution in [1.29, 1.82) is 0 Å². The van der Waals surface area contributed by atoms with E-state index in [4.69, 9.17) is 4.74 Å². The highest BCUT2D eigenvalue weighted by molar-refractivity contribution is 5.69. The van der Waals surface area contributed by atoms with Gasteiger partial charge < -0.3 is 45.6 Å².